The van der Waals surface area contributed by atoms with Crippen LogP contribution in [0, 0.1) is 0 Å². The molecule has 1 aromatic rings. The Labute approximate surface area is 130 Å². The monoisotopic (exact) mass is 308 g/mol. The van der Waals surface area contributed by atoms with Crippen molar-refractivity contribution >= 4 is 6.03 Å². The second-order valence-electron chi connectivity index (χ2n) is 5.62. The Morgan fingerprint density at radius 3 is 2.73 bits per heavy atom. The van der Waals surface area contributed by atoms with E-state index in [1.54, 1.807) is 18.2 Å². The Hall–Kier alpha value is -1.95. The number of phenols is 1. The molecule has 0 heterocycles. The van der Waals surface area contributed by atoms with Gasteiger partial charge in [-0.3, -0.25) is 0 Å². The first-order valence-electron chi connectivity index (χ1n) is 7.67. The molecule has 122 valence electrons. The first-order valence-corrected chi connectivity index (χ1v) is 7.67. The van der Waals surface area contributed by atoms with Crippen LogP contribution in [0.4, 0.5) is 4.79 Å². The number of benzene rings is 1. The molecule has 0 saturated heterocycles. The summed E-state index contributed by atoms with van der Waals surface area (Å²) < 4.78 is 5.05. The lowest BCUT2D eigenvalue weighted by Crippen LogP contribution is -2.44. The molecular formula is C16H24N2O4. The SMILES string of the molecule is COc1cccc(CCNC(=O)NC2CCC(O)CC2)c1O. The van der Waals surface area contributed by atoms with Gasteiger partial charge in [-0.2, -0.15) is 0 Å². The number of nitrogens with one attached hydrogen (secondary N) is 2. The smallest absolute Gasteiger partial charge is 0.315 e. The van der Waals surface area contributed by atoms with Gasteiger partial charge in [0.25, 0.3) is 0 Å². The minimum Gasteiger partial charge on any atom is -0.504 e. The molecule has 1 aliphatic carbocycles. The number of ether oxygens (including phenoxy) is 1. The predicted molar refractivity (Wildman–Crippen MR) is 83.2 cm³/mol. The van der Waals surface area contributed by atoms with Crippen molar-refractivity contribution in [1.82, 2.24) is 10.6 Å². The number of urea groups is 1. The predicted octanol–water partition coefficient (Wildman–Crippen LogP) is 1.55. The van der Waals surface area contributed by atoms with Crippen molar-refractivity contribution in [2.45, 2.75) is 44.2 Å². The summed E-state index contributed by atoms with van der Waals surface area (Å²) in [5.74, 6) is 0.552. The van der Waals surface area contributed by atoms with Gasteiger partial charge >= 0.3 is 6.03 Å². The molecule has 1 saturated carbocycles. The maximum atomic E-state index is 11.8. The summed E-state index contributed by atoms with van der Waals surface area (Å²) in [6.45, 7) is 0.432. The molecule has 1 aliphatic rings. The molecular weight excluding hydrogens is 284 g/mol. The molecule has 2 amide bonds. The number of carbonyl (C=O) groups excluding carboxylic acids is 1. The lowest BCUT2D eigenvalue weighted by molar-refractivity contribution is 0.117. The molecule has 22 heavy (non-hydrogen) atoms. The number of aliphatic hydroxyl groups excluding tert-OH is 1. The summed E-state index contributed by atoms with van der Waals surface area (Å²) >= 11 is 0. The van der Waals surface area contributed by atoms with E-state index in [4.69, 9.17) is 4.74 Å². The minimum absolute atomic E-state index is 0.119. The van der Waals surface area contributed by atoms with E-state index in [1.165, 1.54) is 7.11 Å². The van der Waals surface area contributed by atoms with Gasteiger partial charge in [0, 0.05) is 12.6 Å². The lowest BCUT2D eigenvalue weighted by Gasteiger charge is -2.26. The molecule has 2 rings (SSSR count). The molecule has 0 spiro atoms. The molecule has 6 heteroatoms. The molecule has 0 radical (unpaired) electrons. The van der Waals surface area contributed by atoms with Gasteiger partial charge in [-0.05, 0) is 43.7 Å². The lowest BCUT2D eigenvalue weighted by atomic mass is 9.93. The van der Waals surface area contributed by atoms with Crippen molar-refractivity contribution < 1.29 is 19.7 Å². The summed E-state index contributed by atoms with van der Waals surface area (Å²) in [5.41, 5.74) is 0.737. The van der Waals surface area contributed by atoms with Crippen LogP contribution in [0.3, 0.4) is 0 Å². The molecule has 6 nitrogen and oxygen atoms in total. The number of carbonyl (C=O) groups is 1. The third-order valence-electron chi connectivity index (χ3n) is 4.01. The summed E-state index contributed by atoms with van der Waals surface area (Å²) in [7, 11) is 1.51. The van der Waals surface area contributed by atoms with E-state index < -0.39 is 0 Å². The average Bonchev–Trinajstić information content (AvgIpc) is 2.51. The van der Waals surface area contributed by atoms with Crippen LogP contribution in [0.1, 0.15) is 31.2 Å². The maximum Gasteiger partial charge on any atom is 0.315 e. The summed E-state index contributed by atoms with van der Waals surface area (Å²) in [5, 5.41) is 25.1. The number of para-hydroxylation sites is 1. The standard InChI is InChI=1S/C16H24N2O4/c1-22-14-4-2-3-11(15(14)20)9-10-17-16(21)18-12-5-7-13(19)8-6-12/h2-4,12-13,19-20H,5-10H2,1H3,(H2,17,18,21). The van der Waals surface area contributed by atoms with E-state index in [9.17, 15) is 15.0 Å². The van der Waals surface area contributed by atoms with Crippen molar-refractivity contribution in [3.05, 3.63) is 23.8 Å². The van der Waals surface area contributed by atoms with Crippen LogP contribution in [0.25, 0.3) is 0 Å². The molecule has 0 atom stereocenters. The fraction of sp³-hybridized carbons (Fsp3) is 0.562. The molecule has 4 N–H and O–H groups in total. The van der Waals surface area contributed by atoms with Crippen LogP contribution in [0.2, 0.25) is 0 Å². The zero-order chi connectivity index (χ0) is 15.9. The van der Waals surface area contributed by atoms with Crippen LogP contribution in [0.5, 0.6) is 11.5 Å². The van der Waals surface area contributed by atoms with E-state index in [2.05, 4.69) is 10.6 Å². The Kier molecular flexibility index (Phi) is 5.89. The molecule has 0 unspecified atom stereocenters. The van der Waals surface area contributed by atoms with Gasteiger partial charge in [0.2, 0.25) is 0 Å². The van der Waals surface area contributed by atoms with Crippen molar-refractivity contribution in [3.63, 3.8) is 0 Å². The Morgan fingerprint density at radius 1 is 1.32 bits per heavy atom. The van der Waals surface area contributed by atoms with Crippen LogP contribution in [-0.4, -0.2) is 42.0 Å². The highest BCUT2D eigenvalue weighted by Gasteiger charge is 2.20. The van der Waals surface area contributed by atoms with Gasteiger partial charge in [0.05, 0.1) is 13.2 Å². The fourth-order valence-corrected chi connectivity index (χ4v) is 2.70. The minimum atomic E-state index is -0.225. The van der Waals surface area contributed by atoms with Crippen LogP contribution in [-0.2, 0) is 6.42 Å². The van der Waals surface area contributed by atoms with Gasteiger partial charge in [-0.1, -0.05) is 12.1 Å². The largest absolute Gasteiger partial charge is 0.504 e. The number of aromatic hydroxyl groups is 1. The Balaban J connectivity index is 1.73. The third-order valence-corrected chi connectivity index (χ3v) is 4.01. The van der Waals surface area contributed by atoms with E-state index in [0.29, 0.717) is 18.7 Å². The van der Waals surface area contributed by atoms with E-state index in [-0.39, 0.29) is 23.9 Å². The van der Waals surface area contributed by atoms with Crippen LogP contribution >= 0.6 is 0 Å². The van der Waals surface area contributed by atoms with Crippen LogP contribution < -0.4 is 15.4 Å². The number of methoxy groups -OCH3 is 1. The van der Waals surface area contributed by atoms with E-state index in [0.717, 1.165) is 31.2 Å². The fourth-order valence-electron chi connectivity index (χ4n) is 2.70. The molecule has 0 aromatic heterocycles. The van der Waals surface area contributed by atoms with E-state index >= 15 is 0 Å². The van der Waals surface area contributed by atoms with Crippen LogP contribution in [0.15, 0.2) is 18.2 Å². The van der Waals surface area contributed by atoms with Crippen molar-refractivity contribution in [3.8, 4) is 11.5 Å². The number of amides is 2. The van der Waals surface area contributed by atoms with Gasteiger partial charge in [0.1, 0.15) is 0 Å². The third kappa shape index (κ3) is 4.53. The summed E-state index contributed by atoms with van der Waals surface area (Å²) in [6.07, 6.45) is 3.40. The van der Waals surface area contributed by atoms with Crippen molar-refractivity contribution in [2.24, 2.45) is 0 Å². The number of rotatable bonds is 5. The van der Waals surface area contributed by atoms with Crippen molar-refractivity contribution in [2.75, 3.05) is 13.7 Å². The Bertz CT molecular complexity index is 499. The van der Waals surface area contributed by atoms with Gasteiger partial charge < -0.3 is 25.6 Å². The zero-order valence-corrected chi connectivity index (χ0v) is 12.8. The summed E-state index contributed by atoms with van der Waals surface area (Å²) in [4.78, 5) is 11.8. The molecule has 0 aliphatic heterocycles. The zero-order valence-electron chi connectivity index (χ0n) is 12.8. The molecule has 1 fully saturated rings. The maximum absolute atomic E-state index is 11.8. The molecule has 0 bridgehead atoms. The first-order chi connectivity index (χ1) is 10.6. The first kappa shape index (κ1) is 16.4. The highest BCUT2D eigenvalue weighted by atomic mass is 16.5. The second kappa shape index (κ2) is 7.89. The number of aliphatic hydroxyl groups is 1. The number of phenolic OH excluding ortho intramolecular Hbond substituents is 1. The average molecular weight is 308 g/mol. The second-order valence-corrected chi connectivity index (χ2v) is 5.62. The van der Waals surface area contributed by atoms with Gasteiger partial charge in [-0.25, -0.2) is 4.79 Å². The highest BCUT2D eigenvalue weighted by molar-refractivity contribution is 5.74. The Morgan fingerprint density at radius 2 is 2.05 bits per heavy atom. The molecule has 1 aromatic carbocycles. The normalized spacial score (nSPS) is 21.2. The van der Waals surface area contributed by atoms with Crippen molar-refractivity contribution in [1.29, 1.82) is 0 Å². The highest BCUT2D eigenvalue weighted by Crippen LogP contribution is 2.29. The topological polar surface area (TPSA) is 90.8 Å². The van der Waals surface area contributed by atoms with Gasteiger partial charge in [-0.15, -0.1) is 0 Å². The number of hydrogen-bond donors (Lipinski definition) is 4. The summed E-state index contributed by atoms with van der Waals surface area (Å²) in [6, 6.07) is 5.23. The quantitative estimate of drug-likeness (QED) is 0.664. The number of hydrogen-bond acceptors (Lipinski definition) is 4. The van der Waals surface area contributed by atoms with Gasteiger partial charge in [0.15, 0.2) is 11.5 Å². The van der Waals surface area contributed by atoms with E-state index in [1.807, 2.05) is 0 Å².